The lowest BCUT2D eigenvalue weighted by Gasteiger charge is -2.05. The Morgan fingerprint density at radius 1 is 1.70 bits per heavy atom. The molecule has 3 heteroatoms. The van der Waals surface area contributed by atoms with Gasteiger partial charge in [0.05, 0.1) is 0 Å². The first kappa shape index (κ1) is 9.17. The van der Waals surface area contributed by atoms with E-state index < -0.39 is 5.97 Å². The second-order valence-electron chi connectivity index (χ2n) is 2.40. The van der Waals surface area contributed by atoms with E-state index in [4.69, 9.17) is 10.2 Å². The Bertz CT molecular complexity index is 140. The van der Waals surface area contributed by atoms with Gasteiger partial charge in [0.1, 0.15) is 0 Å². The molecule has 1 unspecified atom stereocenters. The third-order valence-corrected chi connectivity index (χ3v) is 1.21. The zero-order valence-corrected chi connectivity index (χ0v) is 6.00. The molecule has 2 N–H and O–H groups in total. The number of aliphatic hydroxyl groups is 1. The van der Waals surface area contributed by atoms with Crippen LogP contribution in [-0.2, 0) is 4.79 Å². The molecule has 0 radical (unpaired) electrons. The van der Waals surface area contributed by atoms with Crippen LogP contribution in [0.15, 0.2) is 12.2 Å². The number of carboxylic acids is 1. The summed E-state index contributed by atoms with van der Waals surface area (Å²) >= 11 is 0. The topological polar surface area (TPSA) is 57.5 Å². The van der Waals surface area contributed by atoms with Crippen LogP contribution < -0.4 is 0 Å². The lowest BCUT2D eigenvalue weighted by atomic mass is 10.0. The van der Waals surface area contributed by atoms with Crippen molar-refractivity contribution in [1.82, 2.24) is 0 Å². The predicted octanol–water partition coefficient (Wildman–Crippen LogP) is 0.646. The molecule has 0 saturated heterocycles. The number of aliphatic hydroxyl groups excluding tert-OH is 1. The van der Waals surface area contributed by atoms with Crippen LogP contribution in [0.25, 0.3) is 0 Å². The Morgan fingerprint density at radius 2 is 2.20 bits per heavy atom. The van der Waals surface area contributed by atoms with E-state index in [0.29, 0.717) is 6.42 Å². The highest BCUT2D eigenvalue weighted by Crippen LogP contribution is 2.08. The van der Waals surface area contributed by atoms with E-state index in [1.165, 1.54) is 0 Å². The lowest BCUT2D eigenvalue weighted by molar-refractivity contribution is -0.132. The average Bonchev–Trinajstić information content (AvgIpc) is 1.87. The summed E-state index contributed by atoms with van der Waals surface area (Å²) in [5.41, 5.74) is 0.154. The van der Waals surface area contributed by atoms with E-state index in [2.05, 4.69) is 6.58 Å². The van der Waals surface area contributed by atoms with Gasteiger partial charge in [-0.2, -0.15) is 0 Å². The zero-order valence-electron chi connectivity index (χ0n) is 6.00. The molecule has 0 bridgehead atoms. The molecule has 0 aromatic carbocycles. The molecule has 1 atom stereocenters. The Balaban J connectivity index is 3.68. The standard InChI is InChI=1S/C7H12O3/c1-5(4-8)3-6(2)7(9)10/h5,8H,2-4H2,1H3,(H,9,10). The summed E-state index contributed by atoms with van der Waals surface area (Å²) in [5, 5.41) is 16.9. The first-order chi connectivity index (χ1) is 4.57. The highest BCUT2D eigenvalue weighted by atomic mass is 16.4. The van der Waals surface area contributed by atoms with Crippen LogP contribution in [0.2, 0.25) is 0 Å². The fourth-order valence-electron chi connectivity index (χ4n) is 0.572. The molecule has 0 saturated carbocycles. The van der Waals surface area contributed by atoms with Crippen molar-refractivity contribution in [3.63, 3.8) is 0 Å². The summed E-state index contributed by atoms with van der Waals surface area (Å²) < 4.78 is 0. The highest BCUT2D eigenvalue weighted by molar-refractivity contribution is 5.85. The maximum Gasteiger partial charge on any atom is 0.330 e. The number of rotatable bonds is 4. The van der Waals surface area contributed by atoms with Crippen molar-refractivity contribution in [1.29, 1.82) is 0 Å². The van der Waals surface area contributed by atoms with E-state index in [1.54, 1.807) is 6.92 Å². The third kappa shape index (κ3) is 3.25. The number of aliphatic carboxylic acids is 1. The van der Waals surface area contributed by atoms with Crippen LogP contribution in [0.4, 0.5) is 0 Å². The van der Waals surface area contributed by atoms with Crippen molar-refractivity contribution in [3.8, 4) is 0 Å². The van der Waals surface area contributed by atoms with Gasteiger partial charge in [-0.05, 0) is 12.3 Å². The second kappa shape index (κ2) is 4.06. The molecule has 0 aromatic rings. The van der Waals surface area contributed by atoms with Crippen LogP contribution >= 0.6 is 0 Å². The highest BCUT2D eigenvalue weighted by Gasteiger charge is 2.07. The van der Waals surface area contributed by atoms with Crippen LogP contribution in [-0.4, -0.2) is 22.8 Å². The van der Waals surface area contributed by atoms with Gasteiger partial charge in [-0.25, -0.2) is 4.79 Å². The summed E-state index contributed by atoms with van der Waals surface area (Å²) in [6.45, 7) is 5.11. The maximum absolute atomic E-state index is 10.2. The molecule has 0 aliphatic rings. The smallest absolute Gasteiger partial charge is 0.330 e. The van der Waals surface area contributed by atoms with Crippen molar-refractivity contribution in [2.24, 2.45) is 5.92 Å². The van der Waals surface area contributed by atoms with Crippen molar-refractivity contribution >= 4 is 5.97 Å². The molecule has 0 spiro atoms. The molecular formula is C7H12O3. The minimum Gasteiger partial charge on any atom is -0.478 e. The van der Waals surface area contributed by atoms with Gasteiger partial charge in [0.15, 0.2) is 0 Å². The molecule has 0 aromatic heterocycles. The molecule has 0 fully saturated rings. The van der Waals surface area contributed by atoms with Crippen molar-refractivity contribution in [2.75, 3.05) is 6.61 Å². The molecule has 0 aliphatic heterocycles. The number of carboxylic acid groups (broad SMARTS) is 1. The Hall–Kier alpha value is -0.830. The molecular weight excluding hydrogens is 132 g/mol. The predicted molar refractivity (Wildman–Crippen MR) is 37.6 cm³/mol. The van der Waals surface area contributed by atoms with Crippen LogP contribution in [0.5, 0.6) is 0 Å². The van der Waals surface area contributed by atoms with E-state index in [-0.39, 0.29) is 18.1 Å². The maximum atomic E-state index is 10.2. The minimum atomic E-state index is -0.986. The van der Waals surface area contributed by atoms with Gasteiger partial charge in [0.25, 0.3) is 0 Å². The SMILES string of the molecule is C=C(CC(C)CO)C(=O)O. The average molecular weight is 144 g/mol. The molecule has 3 nitrogen and oxygen atoms in total. The molecule has 0 aliphatic carbocycles. The Morgan fingerprint density at radius 3 is 2.50 bits per heavy atom. The van der Waals surface area contributed by atoms with Crippen LogP contribution in [0.3, 0.4) is 0 Å². The van der Waals surface area contributed by atoms with Gasteiger partial charge in [-0.1, -0.05) is 13.5 Å². The molecule has 0 rings (SSSR count). The van der Waals surface area contributed by atoms with E-state index in [9.17, 15) is 4.79 Å². The summed E-state index contributed by atoms with van der Waals surface area (Å²) in [4.78, 5) is 10.2. The van der Waals surface area contributed by atoms with Gasteiger partial charge in [0, 0.05) is 12.2 Å². The lowest BCUT2D eigenvalue weighted by Crippen LogP contribution is -2.07. The van der Waals surface area contributed by atoms with Crippen molar-refractivity contribution in [2.45, 2.75) is 13.3 Å². The quantitative estimate of drug-likeness (QED) is 0.569. The number of carbonyl (C=O) groups is 1. The van der Waals surface area contributed by atoms with Crippen molar-refractivity contribution < 1.29 is 15.0 Å². The van der Waals surface area contributed by atoms with Gasteiger partial charge in [-0.3, -0.25) is 0 Å². The number of hydrogen-bond acceptors (Lipinski definition) is 2. The van der Waals surface area contributed by atoms with Crippen molar-refractivity contribution in [3.05, 3.63) is 12.2 Å². The van der Waals surface area contributed by atoms with Gasteiger partial charge in [-0.15, -0.1) is 0 Å². The monoisotopic (exact) mass is 144 g/mol. The molecule has 10 heavy (non-hydrogen) atoms. The number of hydrogen-bond donors (Lipinski definition) is 2. The normalized spacial score (nSPS) is 12.6. The van der Waals surface area contributed by atoms with E-state index in [1.807, 2.05) is 0 Å². The minimum absolute atomic E-state index is 0.00625. The largest absolute Gasteiger partial charge is 0.478 e. The molecule has 0 amide bonds. The van der Waals surface area contributed by atoms with Crippen LogP contribution in [0.1, 0.15) is 13.3 Å². The fraction of sp³-hybridized carbons (Fsp3) is 0.571. The zero-order chi connectivity index (χ0) is 8.15. The first-order valence-electron chi connectivity index (χ1n) is 3.09. The second-order valence-corrected chi connectivity index (χ2v) is 2.40. The van der Waals surface area contributed by atoms with E-state index >= 15 is 0 Å². The summed E-state index contributed by atoms with van der Waals surface area (Å²) in [7, 11) is 0. The van der Waals surface area contributed by atoms with Gasteiger partial charge >= 0.3 is 5.97 Å². The fourth-order valence-corrected chi connectivity index (χ4v) is 0.572. The molecule has 58 valence electrons. The third-order valence-electron chi connectivity index (χ3n) is 1.21. The molecule has 0 heterocycles. The van der Waals surface area contributed by atoms with E-state index in [0.717, 1.165) is 0 Å². The Kier molecular flexibility index (Phi) is 3.72. The van der Waals surface area contributed by atoms with Gasteiger partial charge < -0.3 is 10.2 Å². The summed E-state index contributed by atoms with van der Waals surface area (Å²) in [5.74, 6) is -0.996. The summed E-state index contributed by atoms with van der Waals surface area (Å²) in [6, 6.07) is 0. The first-order valence-corrected chi connectivity index (χ1v) is 3.09. The Labute approximate surface area is 60.0 Å². The van der Waals surface area contributed by atoms with Gasteiger partial charge in [0.2, 0.25) is 0 Å². The summed E-state index contributed by atoms with van der Waals surface area (Å²) in [6.07, 6.45) is 0.353. The van der Waals surface area contributed by atoms with Crippen LogP contribution in [0, 0.1) is 5.92 Å².